The summed E-state index contributed by atoms with van der Waals surface area (Å²) >= 11 is 18.6. The van der Waals surface area contributed by atoms with E-state index in [1.54, 1.807) is 26.2 Å². The van der Waals surface area contributed by atoms with Gasteiger partial charge in [-0.2, -0.15) is 4.98 Å². The Balaban J connectivity index is 0.000000228. The molecule has 10 N–H and O–H groups in total. The van der Waals surface area contributed by atoms with Gasteiger partial charge < -0.3 is 21.1 Å². The van der Waals surface area contributed by atoms with Crippen molar-refractivity contribution in [3.05, 3.63) is 92.2 Å². The number of aliphatic hydroxyl groups is 1. The third kappa shape index (κ3) is 18.5. The van der Waals surface area contributed by atoms with Gasteiger partial charge in [0.15, 0.2) is 15.1 Å². The SMILES string of the molecule is CCC(Sc1nc(Nc2ccc(S(N)(=O)=O)nc2)ncc1Br)C(C)=O.CCC(Sc1nc(Nc2ccc(S(N)(=O)=O)nc2)ncc1Br)C(C)O.NS(=O)(=O)c1ccc(Nc2ncc(Br)c(Cl)n2)cn1. The first-order valence-electron chi connectivity index (χ1n) is 19.3. The average molecular weight is 1260 g/mol. The van der Waals surface area contributed by atoms with Crippen molar-refractivity contribution in [1.82, 2.24) is 44.9 Å². The Morgan fingerprint density at radius 3 is 1.26 bits per heavy atom. The highest BCUT2D eigenvalue weighted by Crippen LogP contribution is 2.33. The van der Waals surface area contributed by atoms with Gasteiger partial charge in [0, 0.05) is 23.8 Å². The number of hydrogen-bond donors (Lipinski definition) is 7. The molecule has 0 aliphatic carbocycles. The number of rotatable bonds is 17. The maximum atomic E-state index is 11.6. The Bertz CT molecular complexity index is 3070. The summed E-state index contributed by atoms with van der Waals surface area (Å²) in [6.07, 6.45) is 9.66. The van der Waals surface area contributed by atoms with Gasteiger partial charge >= 0.3 is 0 Å². The highest BCUT2D eigenvalue weighted by molar-refractivity contribution is 9.11. The molecule has 0 amide bonds. The zero-order valence-electron chi connectivity index (χ0n) is 36.2. The normalized spacial score (nSPS) is 12.8. The Morgan fingerprint density at radius 2 is 0.971 bits per heavy atom. The first-order valence-corrected chi connectivity index (χ1v) is 28.4. The van der Waals surface area contributed by atoms with E-state index in [0.717, 1.165) is 10.9 Å². The van der Waals surface area contributed by atoms with E-state index in [1.165, 1.54) is 84.7 Å². The summed E-state index contributed by atoms with van der Waals surface area (Å²) in [5.74, 6) is 0.972. The highest BCUT2D eigenvalue weighted by Gasteiger charge is 2.20. The van der Waals surface area contributed by atoms with E-state index in [4.69, 9.17) is 27.0 Å². The van der Waals surface area contributed by atoms with E-state index in [-0.39, 0.29) is 42.5 Å². The van der Waals surface area contributed by atoms with E-state index in [0.29, 0.717) is 54.4 Å². The maximum absolute atomic E-state index is 11.6. The molecule has 0 aliphatic heterocycles. The Hall–Kier alpha value is -4.12. The van der Waals surface area contributed by atoms with Crippen molar-refractivity contribution in [2.75, 3.05) is 16.0 Å². The van der Waals surface area contributed by atoms with E-state index in [9.17, 15) is 35.2 Å². The van der Waals surface area contributed by atoms with Gasteiger partial charge in [-0.15, -0.1) is 0 Å². The second-order valence-electron chi connectivity index (χ2n) is 13.6. The number of primary sulfonamides is 3. The standard InChI is InChI=1S/C14H18BrN5O3S2.C14H16BrN5O3S2.C9H7BrClN5O2S/c2*1-3-11(8(2)21)24-13-10(15)7-18-14(20-13)19-9-4-5-12(17-6-9)25(16,22)23;10-6-4-14-9(16-8(6)11)15-5-1-2-7(13-3-5)19(12,17)18/h4-8,11,21H,3H2,1-2H3,(H2,16,22,23)(H,18,19,20);4-7,11H,3H2,1-2H3,(H2,16,22,23)(H,18,19,20);1-4H,(H2,12,17,18)(H,14,15,16). The molecule has 32 heteroatoms. The van der Waals surface area contributed by atoms with Crippen molar-refractivity contribution >= 4 is 154 Å². The van der Waals surface area contributed by atoms with Crippen LogP contribution < -0.4 is 31.4 Å². The van der Waals surface area contributed by atoms with Gasteiger partial charge in [0.1, 0.15) is 21.0 Å². The number of nitrogens with one attached hydrogen (secondary N) is 3. The number of nitrogens with zero attached hydrogens (tertiary/aromatic N) is 9. The predicted octanol–water partition coefficient (Wildman–Crippen LogP) is 6.44. The molecule has 0 spiro atoms. The molecule has 0 aliphatic rings. The lowest BCUT2D eigenvalue weighted by Gasteiger charge is -2.17. The summed E-state index contributed by atoms with van der Waals surface area (Å²) in [5, 5.41) is 34.2. The summed E-state index contributed by atoms with van der Waals surface area (Å²) in [6.45, 7) is 7.23. The van der Waals surface area contributed by atoms with Gasteiger partial charge in [0.2, 0.25) is 17.8 Å². The molecule has 6 aromatic rings. The molecule has 23 nitrogen and oxygen atoms in total. The number of sulfonamides is 3. The second-order valence-corrected chi connectivity index (χ2v) is 23.5. The van der Waals surface area contributed by atoms with Crippen LogP contribution in [-0.2, 0) is 34.9 Å². The van der Waals surface area contributed by atoms with Gasteiger partial charge in [-0.25, -0.2) is 80.5 Å². The van der Waals surface area contributed by atoms with Crippen molar-refractivity contribution in [3.8, 4) is 0 Å². The van der Waals surface area contributed by atoms with Crippen LogP contribution in [0.5, 0.6) is 0 Å². The fourth-order valence-corrected chi connectivity index (χ4v) is 9.40. The van der Waals surface area contributed by atoms with Crippen molar-refractivity contribution in [2.45, 2.75) is 82.3 Å². The number of carbonyl (C=O) groups is 1. The second kappa shape index (κ2) is 25.8. The number of thioether (sulfide) groups is 2. The first kappa shape index (κ1) is 57.5. The minimum atomic E-state index is -3.84. The first-order chi connectivity index (χ1) is 32.3. The Labute approximate surface area is 435 Å². The van der Waals surface area contributed by atoms with Crippen LogP contribution in [0.25, 0.3) is 0 Å². The molecule has 0 saturated heterocycles. The minimum Gasteiger partial charge on any atom is -0.392 e. The third-order valence-corrected chi connectivity index (χ3v) is 16.6. The predicted molar refractivity (Wildman–Crippen MR) is 273 cm³/mol. The number of anilines is 6. The van der Waals surface area contributed by atoms with Crippen LogP contribution in [0.2, 0.25) is 5.15 Å². The molecule has 3 atom stereocenters. The summed E-state index contributed by atoms with van der Waals surface area (Å²) in [4.78, 5) is 48.0. The van der Waals surface area contributed by atoms with Gasteiger partial charge in [0.05, 0.1) is 60.4 Å². The Kier molecular flexibility index (Phi) is 21.5. The van der Waals surface area contributed by atoms with Gasteiger partial charge in [-0.1, -0.05) is 49.0 Å². The quantitative estimate of drug-likeness (QED) is 0.0381. The van der Waals surface area contributed by atoms with E-state index >= 15 is 0 Å². The van der Waals surface area contributed by atoms with Crippen LogP contribution >= 0.6 is 82.9 Å². The van der Waals surface area contributed by atoms with Crippen molar-refractivity contribution in [3.63, 3.8) is 0 Å². The number of halogens is 4. The van der Waals surface area contributed by atoms with Gasteiger partial charge in [0.25, 0.3) is 30.1 Å². The number of pyridine rings is 3. The summed E-state index contributed by atoms with van der Waals surface area (Å²) in [6, 6.07) is 8.39. The maximum Gasteiger partial charge on any atom is 0.255 e. The molecule has 6 rings (SSSR count). The van der Waals surface area contributed by atoms with Gasteiger partial charge in [-0.3, -0.25) is 4.79 Å². The lowest BCUT2D eigenvalue weighted by molar-refractivity contribution is -0.116. The molecule has 0 radical (unpaired) electrons. The molecule has 69 heavy (non-hydrogen) atoms. The molecule has 0 fully saturated rings. The largest absolute Gasteiger partial charge is 0.392 e. The number of aromatic nitrogens is 9. The molecule has 0 saturated carbocycles. The fourth-order valence-electron chi connectivity index (χ4n) is 4.91. The van der Waals surface area contributed by atoms with Crippen LogP contribution in [0.15, 0.2) is 112 Å². The van der Waals surface area contributed by atoms with Crippen LogP contribution in [0.1, 0.15) is 40.5 Å². The van der Waals surface area contributed by atoms with Crippen LogP contribution in [0.4, 0.5) is 34.9 Å². The van der Waals surface area contributed by atoms with E-state index < -0.39 is 36.2 Å². The number of ketones is 1. The van der Waals surface area contributed by atoms with Crippen molar-refractivity contribution in [1.29, 1.82) is 0 Å². The zero-order chi connectivity index (χ0) is 51.3. The number of aliphatic hydroxyl groups excluding tert-OH is 1. The topological polar surface area (TPSA) is 370 Å². The minimum absolute atomic E-state index is 0.00904. The lowest BCUT2D eigenvalue weighted by atomic mass is 10.2. The number of Topliss-reactive ketones (excluding diaryl/α,β-unsaturated/α-hetero) is 1. The van der Waals surface area contributed by atoms with Crippen LogP contribution in [-0.4, -0.2) is 97.6 Å². The van der Waals surface area contributed by atoms with Crippen molar-refractivity contribution in [2.24, 2.45) is 15.4 Å². The molecule has 0 aromatic carbocycles. The molecule has 3 unspecified atom stereocenters. The number of carbonyl (C=O) groups excluding carboxylic acids is 1. The molecule has 6 heterocycles. The monoisotopic (exact) mass is 1250 g/mol. The number of nitrogens with two attached hydrogens (primary N) is 3. The van der Waals surface area contributed by atoms with E-state index in [1.807, 2.05) is 13.8 Å². The van der Waals surface area contributed by atoms with Crippen LogP contribution in [0.3, 0.4) is 0 Å². The molecule has 6 aromatic heterocycles. The molecule has 370 valence electrons. The lowest BCUT2D eigenvalue weighted by Crippen LogP contribution is -2.18. The average Bonchev–Trinajstić information content (AvgIpc) is 3.28. The van der Waals surface area contributed by atoms with Gasteiger partial charge in [-0.05, 0) is 111 Å². The highest BCUT2D eigenvalue weighted by atomic mass is 79.9. The molecular weight excluding hydrogens is 1220 g/mol. The summed E-state index contributed by atoms with van der Waals surface area (Å²) < 4.78 is 68.9. The smallest absolute Gasteiger partial charge is 0.255 e. The van der Waals surface area contributed by atoms with Crippen molar-refractivity contribution < 1.29 is 35.2 Å². The van der Waals surface area contributed by atoms with Crippen LogP contribution in [0, 0.1) is 0 Å². The van der Waals surface area contributed by atoms with E-state index in [2.05, 4.69) is 109 Å². The number of hydrogen-bond acceptors (Lipinski definition) is 22. The third-order valence-electron chi connectivity index (χ3n) is 8.26. The summed E-state index contributed by atoms with van der Waals surface area (Å²) in [5.41, 5.74) is 1.53. The molecule has 0 bridgehead atoms. The fraction of sp³-hybridized carbons (Fsp3) is 0.243. The summed E-state index contributed by atoms with van der Waals surface area (Å²) in [7, 11) is -11.5. The molecular formula is C37H41Br3ClN15O8S5. The Morgan fingerprint density at radius 1 is 0.609 bits per heavy atom. The zero-order valence-corrected chi connectivity index (χ0v) is 45.8.